The summed E-state index contributed by atoms with van der Waals surface area (Å²) < 4.78 is 5.58. The van der Waals surface area contributed by atoms with Gasteiger partial charge in [0, 0.05) is 14.1 Å². The third kappa shape index (κ3) is 3.77. The number of nitrogens with zero attached hydrogens (tertiary/aromatic N) is 5. The van der Waals surface area contributed by atoms with Crippen molar-refractivity contribution < 1.29 is 4.74 Å². The number of hydrazine groups is 1. The highest BCUT2D eigenvalue weighted by Crippen LogP contribution is 2.21. The molecule has 0 fully saturated rings. The predicted octanol–water partition coefficient (Wildman–Crippen LogP) is 1.08. The van der Waals surface area contributed by atoms with Crippen LogP contribution in [0, 0.1) is 11.3 Å². The quantitative estimate of drug-likeness (QED) is 0.619. The monoisotopic (exact) mass is 285 g/mol. The zero-order valence-corrected chi connectivity index (χ0v) is 11.7. The molecule has 0 saturated carbocycles. The lowest BCUT2D eigenvalue weighted by Crippen LogP contribution is -2.17. The van der Waals surface area contributed by atoms with Gasteiger partial charge in [0.2, 0.25) is 11.9 Å². The summed E-state index contributed by atoms with van der Waals surface area (Å²) in [4.78, 5) is 14.0. The summed E-state index contributed by atoms with van der Waals surface area (Å²) in [5.41, 5.74) is 3.28. The fourth-order valence-electron chi connectivity index (χ4n) is 1.53. The topological polar surface area (TPSA) is 113 Å². The van der Waals surface area contributed by atoms with Crippen molar-refractivity contribution in [2.75, 3.05) is 24.4 Å². The lowest BCUT2D eigenvalue weighted by Gasteiger charge is -2.12. The van der Waals surface area contributed by atoms with E-state index < -0.39 is 0 Å². The second-order valence-corrected chi connectivity index (χ2v) is 4.36. The van der Waals surface area contributed by atoms with Crippen molar-refractivity contribution >= 4 is 11.9 Å². The Morgan fingerprint density at radius 2 is 1.95 bits per heavy atom. The molecule has 1 heterocycles. The first-order chi connectivity index (χ1) is 10.1. The Labute approximate surface area is 122 Å². The van der Waals surface area contributed by atoms with Crippen LogP contribution in [0.15, 0.2) is 24.3 Å². The van der Waals surface area contributed by atoms with Gasteiger partial charge < -0.3 is 9.64 Å². The van der Waals surface area contributed by atoms with Gasteiger partial charge >= 0.3 is 6.01 Å². The molecule has 2 rings (SSSR count). The third-order valence-electron chi connectivity index (χ3n) is 2.55. The zero-order chi connectivity index (χ0) is 15.2. The first-order valence-electron chi connectivity index (χ1n) is 6.16. The average Bonchev–Trinajstić information content (AvgIpc) is 2.49. The Kier molecular flexibility index (Phi) is 4.48. The van der Waals surface area contributed by atoms with E-state index in [9.17, 15) is 0 Å². The summed E-state index contributed by atoms with van der Waals surface area (Å²) in [7, 11) is 3.60. The maximum absolute atomic E-state index is 8.63. The fraction of sp³-hybridized carbons (Fsp3) is 0.231. The van der Waals surface area contributed by atoms with Crippen LogP contribution in [-0.4, -0.2) is 29.0 Å². The summed E-state index contributed by atoms with van der Waals surface area (Å²) >= 11 is 0. The van der Waals surface area contributed by atoms with Crippen LogP contribution in [0.2, 0.25) is 0 Å². The number of hydrogen-bond acceptors (Lipinski definition) is 8. The van der Waals surface area contributed by atoms with Gasteiger partial charge in [-0.3, -0.25) is 5.43 Å². The molecule has 0 radical (unpaired) electrons. The first-order valence-corrected chi connectivity index (χ1v) is 6.16. The molecule has 108 valence electrons. The molecule has 0 unspecified atom stereocenters. The van der Waals surface area contributed by atoms with E-state index in [4.69, 9.17) is 15.8 Å². The molecular formula is C13H15N7O. The molecule has 0 aliphatic heterocycles. The van der Waals surface area contributed by atoms with Crippen LogP contribution >= 0.6 is 0 Å². The number of nitrogens with two attached hydrogens (primary N) is 1. The number of ether oxygens (including phenoxy) is 1. The summed E-state index contributed by atoms with van der Waals surface area (Å²) in [6, 6.07) is 9.35. The van der Waals surface area contributed by atoms with E-state index in [-0.39, 0.29) is 12.0 Å². The molecule has 0 amide bonds. The van der Waals surface area contributed by atoms with Crippen molar-refractivity contribution in [1.82, 2.24) is 15.0 Å². The molecule has 2 aromatic rings. The minimum Gasteiger partial charge on any atom is -0.424 e. The largest absolute Gasteiger partial charge is 0.424 e. The van der Waals surface area contributed by atoms with Gasteiger partial charge in [0.15, 0.2) is 0 Å². The normalized spacial score (nSPS) is 9.81. The standard InChI is InChI=1S/C13H15N7O/c1-20(2)12-16-11(19-15)17-13(18-12)21-10-5-3-9(4-6-10)7-8-14/h3-6H,7,15H2,1-2H3,(H,16,17,18,19). The minimum atomic E-state index is 0.134. The van der Waals surface area contributed by atoms with Crippen LogP contribution < -0.4 is 20.9 Å². The maximum atomic E-state index is 8.63. The lowest BCUT2D eigenvalue weighted by atomic mass is 10.2. The van der Waals surface area contributed by atoms with Gasteiger partial charge in [0.1, 0.15) is 5.75 Å². The highest BCUT2D eigenvalue weighted by Gasteiger charge is 2.09. The first kappa shape index (κ1) is 14.5. The summed E-state index contributed by atoms with van der Waals surface area (Å²) in [6.07, 6.45) is 0.359. The molecule has 8 heteroatoms. The summed E-state index contributed by atoms with van der Waals surface area (Å²) in [5.74, 6) is 6.53. The molecule has 0 saturated heterocycles. The van der Waals surface area contributed by atoms with Crippen molar-refractivity contribution in [2.24, 2.45) is 5.84 Å². The number of aromatic nitrogens is 3. The van der Waals surface area contributed by atoms with Crippen LogP contribution in [0.5, 0.6) is 11.8 Å². The molecule has 1 aromatic heterocycles. The minimum absolute atomic E-state index is 0.134. The number of hydrogen-bond donors (Lipinski definition) is 2. The molecule has 21 heavy (non-hydrogen) atoms. The van der Waals surface area contributed by atoms with Gasteiger partial charge in [0.25, 0.3) is 0 Å². The molecule has 8 nitrogen and oxygen atoms in total. The van der Waals surface area contributed by atoms with Gasteiger partial charge in [-0.2, -0.15) is 20.2 Å². The van der Waals surface area contributed by atoms with Crippen LogP contribution in [0.1, 0.15) is 5.56 Å². The highest BCUT2D eigenvalue weighted by atomic mass is 16.5. The van der Waals surface area contributed by atoms with Gasteiger partial charge in [-0.05, 0) is 17.7 Å². The van der Waals surface area contributed by atoms with E-state index in [0.717, 1.165) is 5.56 Å². The molecule has 0 aliphatic carbocycles. The number of anilines is 2. The van der Waals surface area contributed by atoms with Gasteiger partial charge in [-0.15, -0.1) is 0 Å². The third-order valence-corrected chi connectivity index (χ3v) is 2.55. The van der Waals surface area contributed by atoms with Crippen molar-refractivity contribution in [3.05, 3.63) is 29.8 Å². The molecule has 0 atom stereocenters. The Bertz CT molecular complexity index is 649. The van der Waals surface area contributed by atoms with E-state index in [1.807, 2.05) is 12.1 Å². The van der Waals surface area contributed by atoms with E-state index >= 15 is 0 Å². The van der Waals surface area contributed by atoms with Crippen molar-refractivity contribution in [1.29, 1.82) is 5.26 Å². The van der Waals surface area contributed by atoms with Crippen LogP contribution in [-0.2, 0) is 6.42 Å². The number of nitriles is 1. The Balaban J connectivity index is 2.22. The molecule has 0 aliphatic rings. The SMILES string of the molecule is CN(C)c1nc(NN)nc(Oc2ccc(CC#N)cc2)n1. The van der Waals surface area contributed by atoms with E-state index in [2.05, 4.69) is 26.4 Å². The van der Waals surface area contributed by atoms with Crippen molar-refractivity contribution in [3.8, 4) is 17.8 Å². The highest BCUT2D eigenvalue weighted by molar-refractivity contribution is 5.37. The number of rotatable bonds is 5. The van der Waals surface area contributed by atoms with E-state index in [1.54, 1.807) is 31.1 Å². The number of nitrogens with one attached hydrogen (secondary N) is 1. The molecule has 3 N–H and O–H groups in total. The van der Waals surface area contributed by atoms with Gasteiger partial charge in [-0.1, -0.05) is 12.1 Å². The molecule has 0 spiro atoms. The Morgan fingerprint density at radius 1 is 1.24 bits per heavy atom. The van der Waals surface area contributed by atoms with E-state index in [0.29, 0.717) is 18.1 Å². The number of benzene rings is 1. The van der Waals surface area contributed by atoms with Crippen molar-refractivity contribution in [3.63, 3.8) is 0 Å². The fourth-order valence-corrected chi connectivity index (χ4v) is 1.53. The second-order valence-electron chi connectivity index (χ2n) is 4.36. The Hall–Kier alpha value is -2.92. The summed E-state index contributed by atoms with van der Waals surface area (Å²) in [6.45, 7) is 0. The predicted molar refractivity (Wildman–Crippen MR) is 77.8 cm³/mol. The summed E-state index contributed by atoms with van der Waals surface area (Å²) in [5, 5.41) is 8.63. The second kappa shape index (κ2) is 6.49. The van der Waals surface area contributed by atoms with Crippen molar-refractivity contribution in [2.45, 2.75) is 6.42 Å². The Morgan fingerprint density at radius 3 is 2.52 bits per heavy atom. The van der Waals surface area contributed by atoms with Crippen LogP contribution in [0.4, 0.5) is 11.9 Å². The zero-order valence-electron chi connectivity index (χ0n) is 11.7. The average molecular weight is 285 g/mol. The molecular weight excluding hydrogens is 270 g/mol. The molecule has 1 aromatic carbocycles. The van der Waals surface area contributed by atoms with Crippen LogP contribution in [0.3, 0.4) is 0 Å². The van der Waals surface area contributed by atoms with E-state index in [1.165, 1.54) is 0 Å². The van der Waals surface area contributed by atoms with Gasteiger partial charge in [-0.25, -0.2) is 5.84 Å². The lowest BCUT2D eigenvalue weighted by molar-refractivity contribution is 0.440. The van der Waals surface area contributed by atoms with Crippen LogP contribution in [0.25, 0.3) is 0 Å². The van der Waals surface area contributed by atoms with Gasteiger partial charge in [0.05, 0.1) is 12.5 Å². The smallest absolute Gasteiger partial charge is 0.328 e. The number of nitrogen functional groups attached to an aromatic ring is 1. The maximum Gasteiger partial charge on any atom is 0.328 e. The molecule has 0 bridgehead atoms.